The standard InChI is InChI=1S/C29H21ClN4/c30-25-16-8-7-15-23(25)28-24(20-34(32-28)22-13-5-2-6-14-22)29-26(19-21-11-3-1-4-12-21)33-18-10-9-17-27(33)31-29/h1-18,20H,19H2. The summed E-state index contributed by atoms with van der Waals surface area (Å²) < 4.78 is 4.07. The average Bonchev–Trinajstić information content (AvgIpc) is 3.48. The Morgan fingerprint density at radius 3 is 2.18 bits per heavy atom. The van der Waals surface area contributed by atoms with Crippen molar-refractivity contribution in [2.75, 3.05) is 0 Å². The minimum absolute atomic E-state index is 0.662. The second kappa shape index (κ2) is 8.65. The van der Waals surface area contributed by atoms with Crippen LogP contribution in [0.2, 0.25) is 5.02 Å². The summed E-state index contributed by atoms with van der Waals surface area (Å²) in [6, 6.07) is 34.5. The van der Waals surface area contributed by atoms with Crippen LogP contribution in [0.25, 0.3) is 33.8 Å². The third kappa shape index (κ3) is 3.68. The van der Waals surface area contributed by atoms with Gasteiger partial charge in [0.25, 0.3) is 0 Å². The van der Waals surface area contributed by atoms with Crippen LogP contribution in [0.4, 0.5) is 0 Å². The van der Waals surface area contributed by atoms with Crippen molar-refractivity contribution in [1.29, 1.82) is 0 Å². The first-order chi connectivity index (χ1) is 16.8. The Kier molecular flexibility index (Phi) is 5.21. The summed E-state index contributed by atoms with van der Waals surface area (Å²) in [5.74, 6) is 0. The second-order valence-electron chi connectivity index (χ2n) is 8.15. The minimum Gasteiger partial charge on any atom is -0.303 e. The highest BCUT2D eigenvalue weighted by molar-refractivity contribution is 6.33. The Labute approximate surface area is 202 Å². The molecule has 0 atom stereocenters. The van der Waals surface area contributed by atoms with Crippen LogP contribution < -0.4 is 0 Å². The highest BCUT2D eigenvalue weighted by atomic mass is 35.5. The van der Waals surface area contributed by atoms with Crippen LogP contribution in [-0.4, -0.2) is 19.2 Å². The van der Waals surface area contributed by atoms with E-state index in [1.165, 1.54) is 5.56 Å². The van der Waals surface area contributed by atoms with E-state index in [0.717, 1.165) is 46.0 Å². The van der Waals surface area contributed by atoms with Gasteiger partial charge in [0.15, 0.2) is 0 Å². The third-order valence-electron chi connectivity index (χ3n) is 5.96. The molecule has 6 aromatic rings. The van der Waals surface area contributed by atoms with Gasteiger partial charge < -0.3 is 4.40 Å². The topological polar surface area (TPSA) is 35.1 Å². The van der Waals surface area contributed by atoms with Gasteiger partial charge in [0.05, 0.1) is 22.1 Å². The number of halogens is 1. The van der Waals surface area contributed by atoms with E-state index in [2.05, 4.69) is 41.1 Å². The summed E-state index contributed by atoms with van der Waals surface area (Å²) in [5.41, 5.74) is 7.78. The maximum atomic E-state index is 6.65. The molecule has 0 fully saturated rings. The number of hydrogen-bond acceptors (Lipinski definition) is 2. The summed E-state index contributed by atoms with van der Waals surface area (Å²) in [5, 5.41) is 5.65. The molecule has 5 heteroatoms. The van der Waals surface area contributed by atoms with Crippen LogP contribution in [0.1, 0.15) is 11.3 Å². The van der Waals surface area contributed by atoms with E-state index >= 15 is 0 Å². The van der Waals surface area contributed by atoms with Crippen molar-refractivity contribution < 1.29 is 0 Å². The Morgan fingerprint density at radius 2 is 1.38 bits per heavy atom. The maximum Gasteiger partial charge on any atom is 0.137 e. The van der Waals surface area contributed by atoms with E-state index in [1.54, 1.807) is 0 Å². The molecule has 3 aromatic heterocycles. The normalized spacial score (nSPS) is 11.2. The molecule has 3 aromatic carbocycles. The number of rotatable bonds is 5. The highest BCUT2D eigenvalue weighted by Crippen LogP contribution is 2.37. The Bertz CT molecular complexity index is 1580. The maximum absolute atomic E-state index is 6.65. The molecule has 3 heterocycles. The van der Waals surface area contributed by atoms with E-state index in [9.17, 15) is 0 Å². The fourth-order valence-electron chi connectivity index (χ4n) is 4.33. The molecule has 0 unspecified atom stereocenters. The molecule has 34 heavy (non-hydrogen) atoms. The van der Waals surface area contributed by atoms with Crippen LogP contribution >= 0.6 is 11.6 Å². The van der Waals surface area contributed by atoms with Crippen molar-refractivity contribution in [3.63, 3.8) is 0 Å². The molecule has 0 aliphatic carbocycles. The Balaban J connectivity index is 1.61. The molecule has 4 nitrogen and oxygen atoms in total. The molecule has 164 valence electrons. The second-order valence-corrected chi connectivity index (χ2v) is 8.56. The van der Waals surface area contributed by atoms with Gasteiger partial charge >= 0.3 is 0 Å². The van der Waals surface area contributed by atoms with E-state index in [-0.39, 0.29) is 0 Å². The lowest BCUT2D eigenvalue weighted by atomic mass is 10.0. The van der Waals surface area contributed by atoms with Crippen LogP contribution in [0.5, 0.6) is 0 Å². The largest absolute Gasteiger partial charge is 0.303 e. The number of para-hydroxylation sites is 1. The molecule has 0 aliphatic rings. The minimum atomic E-state index is 0.662. The van der Waals surface area contributed by atoms with Gasteiger partial charge in [-0.25, -0.2) is 9.67 Å². The molecule has 0 saturated heterocycles. The zero-order chi connectivity index (χ0) is 22.9. The first kappa shape index (κ1) is 20.5. The summed E-state index contributed by atoms with van der Waals surface area (Å²) in [6.45, 7) is 0. The number of aromatic nitrogens is 4. The van der Waals surface area contributed by atoms with Crippen molar-refractivity contribution >= 4 is 17.2 Å². The molecule has 0 saturated carbocycles. The number of imidazole rings is 1. The van der Waals surface area contributed by atoms with Crippen molar-refractivity contribution in [1.82, 2.24) is 19.2 Å². The first-order valence-corrected chi connectivity index (χ1v) is 11.6. The molecule has 6 rings (SSSR count). The fourth-order valence-corrected chi connectivity index (χ4v) is 4.56. The van der Waals surface area contributed by atoms with Crippen LogP contribution in [-0.2, 0) is 6.42 Å². The molecule has 0 N–H and O–H groups in total. The molecule has 0 bridgehead atoms. The van der Waals surface area contributed by atoms with Crippen LogP contribution in [0.3, 0.4) is 0 Å². The highest BCUT2D eigenvalue weighted by Gasteiger charge is 2.22. The zero-order valence-corrected chi connectivity index (χ0v) is 19.1. The molecule has 0 spiro atoms. The van der Waals surface area contributed by atoms with E-state index < -0.39 is 0 Å². The summed E-state index contributed by atoms with van der Waals surface area (Å²) >= 11 is 6.65. The van der Waals surface area contributed by atoms with Crippen molar-refractivity contribution in [3.05, 3.63) is 132 Å². The average molecular weight is 461 g/mol. The van der Waals surface area contributed by atoms with Gasteiger partial charge in [0, 0.05) is 29.9 Å². The molecule has 0 amide bonds. The van der Waals surface area contributed by atoms with Gasteiger partial charge in [-0.15, -0.1) is 0 Å². The molecule has 0 radical (unpaired) electrons. The van der Waals surface area contributed by atoms with Gasteiger partial charge in [0.2, 0.25) is 0 Å². The lowest BCUT2D eigenvalue weighted by Crippen LogP contribution is -1.96. The Morgan fingerprint density at radius 1 is 0.676 bits per heavy atom. The van der Waals surface area contributed by atoms with E-state index in [1.807, 2.05) is 83.5 Å². The number of pyridine rings is 1. The summed E-state index contributed by atoms with van der Waals surface area (Å²) in [4.78, 5) is 5.07. The predicted molar refractivity (Wildman–Crippen MR) is 137 cm³/mol. The van der Waals surface area contributed by atoms with E-state index in [4.69, 9.17) is 21.7 Å². The van der Waals surface area contributed by atoms with E-state index in [0.29, 0.717) is 5.02 Å². The number of fused-ring (bicyclic) bond motifs is 1. The van der Waals surface area contributed by atoms with Crippen LogP contribution in [0.15, 0.2) is 116 Å². The number of hydrogen-bond donors (Lipinski definition) is 0. The van der Waals surface area contributed by atoms with Gasteiger partial charge in [-0.2, -0.15) is 5.10 Å². The van der Waals surface area contributed by atoms with Gasteiger partial charge in [-0.3, -0.25) is 0 Å². The Hall–Kier alpha value is -4.15. The fraction of sp³-hybridized carbons (Fsp3) is 0.0345. The monoisotopic (exact) mass is 460 g/mol. The lowest BCUT2D eigenvalue weighted by molar-refractivity contribution is 0.884. The van der Waals surface area contributed by atoms with Crippen molar-refractivity contribution in [2.24, 2.45) is 0 Å². The van der Waals surface area contributed by atoms with Crippen molar-refractivity contribution in [3.8, 4) is 28.2 Å². The third-order valence-corrected chi connectivity index (χ3v) is 6.29. The smallest absolute Gasteiger partial charge is 0.137 e. The summed E-state index contributed by atoms with van der Waals surface area (Å²) in [7, 11) is 0. The molecular weight excluding hydrogens is 440 g/mol. The zero-order valence-electron chi connectivity index (χ0n) is 18.3. The SMILES string of the molecule is Clc1ccccc1-c1nn(-c2ccccc2)cc1-c1nc2ccccn2c1Cc1ccccc1. The van der Waals surface area contributed by atoms with Crippen LogP contribution in [0, 0.1) is 0 Å². The van der Waals surface area contributed by atoms with Gasteiger partial charge in [-0.1, -0.05) is 84.4 Å². The predicted octanol–water partition coefficient (Wildman–Crippen LogP) is 7.10. The number of nitrogens with zero attached hydrogens (tertiary/aromatic N) is 4. The molecular formula is C29H21ClN4. The van der Waals surface area contributed by atoms with Crippen molar-refractivity contribution in [2.45, 2.75) is 6.42 Å². The first-order valence-electron chi connectivity index (χ1n) is 11.2. The quantitative estimate of drug-likeness (QED) is 0.275. The molecule has 0 aliphatic heterocycles. The summed E-state index contributed by atoms with van der Waals surface area (Å²) in [6.07, 6.45) is 4.88. The lowest BCUT2D eigenvalue weighted by Gasteiger charge is -2.07. The number of benzene rings is 3. The van der Waals surface area contributed by atoms with Gasteiger partial charge in [0.1, 0.15) is 11.3 Å². The van der Waals surface area contributed by atoms with Gasteiger partial charge in [-0.05, 0) is 35.9 Å².